The Kier molecular flexibility index (Phi) is 4.27. The highest BCUT2D eigenvalue weighted by molar-refractivity contribution is 7.80. The van der Waals surface area contributed by atoms with Crippen LogP contribution in [0.3, 0.4) is 0 Å². The van der Waals surface area contributed by atoms with Crippen molar-refractivity contribution in [2.45, 2.75) is 25.4 Å². The highest BCUT2D eigenvalue weighted by atomic mass is 35.5. The predicted octanol–water partition coefficient (Wildman–Crippen LogP) is 2.56. The first kappa shape index (κ1) is 13.6. The number of piperazine rings is 1. The third-order valence-electron chi connectivity index (χ3n) is 3.57. The molecule has 1 aliphatic heterocycles. The Morgan fingerprint density at radius 3 is 2.63 bits per heavy atom. The molecule has 1 saturated heterocycles. The van der Waals surface area contributed by atoms with Crippen LogP contribution in [-0.2, 0) is 6.54 Å². The molecule has 0 atom stereocenters. The molecular formula is C13H18ClN3S2. The van der Waals surface area contributed by atoms with Gasteiger partial charge in [0.2, 0.25) is 0 Å². The van der Waals surface area contributed by atoms with Gasteiger partial charge in [0.15, 0.2) is 5.11 Å². The van der Waals surface area contributed by atoms with Crippen molar-refractivity contribution in [3.05, 3.63) is 21.3 Å². The maximum atomic E-state index is 5.96. The van der Waals surface area contributed by atoms with E-state index in [1.54, 1.807) is 11.3 Å². The van der Waals surface area contributed by atoms with E-state index in [0.29, 0.717) is 6.04 Å². The molecule has 0 bridgehead atoms. The van der Waals surface area contributed by atoms with Gasteiger partial charge in [0, 0.05) is 43.6 Å². The van der Waals surface area contributed by atoms with Gasteiger partial charge in [-0.15, -0.1) is 11.3 Å². The monoisotopic (exact) mass is 315 g/mol. The maximum Gasteiger partial charge on any atom is 0.169 e. The molecule has 1 aromatic rings. The van der Waals surface area contributed by atoms with Crippen molar-refractivity contribution in [2.75, 3.05) is 26.2 Å². The maximum absolute atomic E-state index is 5.96. The zero-order valence-electron chi connectivity index (χ0n) is 10.8. The first-order chi connectivity index (χ1) is 9.20. The summed E-state index contributed by atoms with van der Waals surface area (Å²) in [6, 6.07) is 4.75. The number of hydrogen-bond donors (Lipinski definition) is 1. The summed E-state index contributed by atoms with van der Waals surface area (Å²) in [5.41, 5.74) is 0. The highest BCUT2D eigenvalue weighted by Gasteiger charge is 2.25. The molecule has 0 radical (unpaired) electrons. The lowest BCUT2D eigenvalue weighted by molar-refractivity contribution is 0.175. The second-order valence-electron chi connectivity index (χ2n) is 5.19. The quantitative estimate of drug-likeness (QED) is 0.864. The van der Waals surface area contributed by atoms with E-state index in [2.05, 4.69) is 21.2 Å². The largest absolute Gasteiger partial charge is 0.360 e. The molecule has 1 N–H and O–H groups in total. The molecule has 1 saturated carbocycles. The summed E-state index contributed by atoms with van der Waals surface area (Å²) in [5, 5.41) is 4.36. The van der Waals surface area contributed by atoms with Crippen LogP contribution in [-0.4, -0.2) is 47.1 Å². The summed E-state index contributed by atoms with van der Waals surface area (Å²) in [4.78, 5) is 6.11. The number of nitrogens with one attached hydrogen (secondary N) is 1. The molecule has 2 aliphatic rings. The summed E-state index contributed by atoms with van der Waals surface area (Å²) in [6.07, 6.45) is 2.55. The fraction of sp³-hybridized carbons (Fsp3) is 0.615. The lowest BCUT2D eigenvalue weighted by Crippen LogP contribution is -2.51. The Bertz CT molecular complexity index is 450. The smallest absolute Gasteiger partial charge is 0.169 e. The second-order valence-corrected chi connectivity index (χ2v) is 7.38. The Morgan fingerprint density at radius 2 is 2.05 bits per heavy atom. The molecular weight excluding hydrogens is 298 g/mol. The van der Waals surface area contributed by atoms with E-state index in [-0.39, 0.29) is 0 Å². The van der Waals surface area contributed by atoms with E-state index < -0.39 is 0 Å². The van der Waals surface area contributed by atoms with Gasteiger partial charge in [-0.25, -0.2) is 0 Å². The number of nitrogens with zero attached hydrogens (tertiary/aromatic N) is 2. The Morgan fingerprint density at radius 1 is 1.32 bits per heavy atom. The molecule has 2 heterocycles. The number of rotatable bonds is 3. The molecule has 3 nitrogen and oxygen atoms in total. The van der Waals surface area contributed by atoms with Gasteiger partial charge >= 0.3 is 0 Å². The van der Waals surface area contributed by atoms with Gasteiger partial charge in [-0.2, -0.15) is 0 Å². The molecule has 3 rings (SSSR count). The molecule has 0 aromatic carbocycles. The van der Waals surface area contributed by atoms with E-state index in [1.807, 2.05) is 6.07 Å². The predicted molar refractivity (Wildman–Crippen MR) is 84.9 cm³/mol. The summed E-state index contributed by atoms with van der Waals surface area (Å²) in [6.45, 7) is 5.20. The minimum Gasteiger partial charge on any atom is -0.360 e. The van der Waals surface area contributed by atoms with Crippen LogP contribution in [0.2, 0.25) is 4.34 Å². The number of thiocarbonyl (C=S) groups is 1. The first-order valence-corrected chi connectivity index (χ1v) is 8.33. The normalized spacial score (nSPS) is 20.6. The van der Waals surface area contributed by atoms with Crippen molar-refractivity contribution < 1.29 is 0 Å². The SMILES string of the molecule is S=C(NC1CC1)N1CCN(Cc2ccc(Cl)s2)CC1. The molecule has 104 valence electrons. The fourth-order valence-corrected chi connectivity index (χ4v) is 3.74. The summed E-state index contributed by atoms with van der Waals surface area (Å²) in [7, 11) is 0. The molecule has 0 amide bonds. The minimum absolute atomic E-state index is 0.652. The van der Waals surface area contributed by atoms with E-state index in [0.717, 1.165) is 42.2 Å². The Labute approximate surface area is 128 Å². The van der Waals surface area contributed by atoms with Crippen molar-refractivity contribution in [3.63, 3.8) is 0 Å². The van der Waals surface area contributed by atoms with Gasteiger partial charge in [0.25, 0.3) is 0 Å². The number of thiophene rings is 1. The summed E-state index contributed by atoms with van der Waals surface area (Å²) < 4.78 is 0.878. The third-order valence-corrected chi connectivity index (χ3v) is 5.16. The van der Waals surface area contributed by atoms with Gasteiger partial charge in [0.1, 0.15) is 0 Å². The lowest BCUT2D eigenvalue weighted by Gasteiger charge is -2.36. The van der Waals surface area contributed by atoms with Crippen LogP contribution in [0.5, 0.6) is 0 Å². The van der Waals surface area contributed by atoms with Crippen LogP contribution < -0.4 is 5.32 Å². The molecule has 1 aliphatic carbocycles. The first-order valence-electron chi connectivity index (χ1n) is 6.73. The van der Waals surface area contributed by atoms with Crippen LogP contribution in [0, 0.1) is 0 Å². The zero-order chi connectivity index (χ0) is 13.2. The van der Waals surface area contributed by atoms with Crippen molar-refractivity contribution in [1.29, 1.82) is 0 Å². The fourth-order valence-electron chi connectivity index (χ4n) is 2.26. The second kappa shape index (κ2) is 5.95. The molecule has 0 spiro atoms. The van der Waals surface area contributed by atoms with E-state index in [4.69, 9.17) is 23.8 Å². The highest BCUT2D eigenvalue weighted by Crippen LogP contribution is 2.23. The van der Waals surface area contributed by atoms with Gasteiger partial charge in [0.05, 0.1) is 4.34 Å². The van der Waals surface area contributed by atoms with Gasteiger partial charge in [-0.05, 0) is 37.2 Å². The standard InChI is InChI=1S/C13H18ClN3S2/c14-12-4-3-11(19-12)9-16-5-7-17(8-6-16)13(18)15-10-1-2-10/h3-4,10H,1-2,5-9H2,(H,15,18). The van der Waals surface area contributed by atoms with Crippen LogP contribution in [0.15, 0.2) is 12.1 Å². The molecule has 2 fully saturated rings. The zero-order valence-corrected chi connectivity index (χ0v) is 13.2. The average Bonchev–Trinajstić information content (AvgIpc) is 3.12. The average molecular weight is 316 g/mol. The molecule has 19 heavy (non-hydrogen) atoms. The van der Waals surface area contributed by atoms with Crippen LogP contribution in [0.4, 0.5) is 0 Å². The van der Waals surface area contributed by atoms with Crippen molar-refractivity contribution in [2.24, 2.45) is 0 Å². The van der Waals surface area contributed by atoms with E-state index in [1.165, 1.54) is 17.7 Å². The van der Waals surface area contributed by atoms with Gasteiger partial charge in [-0.1, -0.05) is 11.6 Å². The van der Waals surface area contributed by atoms with Gasteiger partial charge < -0.3 is 10.2 Å². The molecule has 6 heteroatoms. The summed E-state index contributed by atoms with van der Waals surface area (Å²) in [5.74, 6) is 0. The number of hydrogen-bond acceptors (Lipinski definition) is 3. The topological polar surface area (TPSA) is 18.5 Å². The van der Waals surface area contributed by atoms with Crippen LogP contribution in [0.1, 0.15) is 17.7 Å². The summed E-state index contributed by atoms with van der Waals surface area (Å²) >= 11 is 13.1. The lowest BCUT2D eigenvalue weighted by atomic mass is 10.3. The van der Waals surface area contributed by atoms with Gasteiger partial charge in [-0.3, -0.25) is 4.90 Å². The Balaban J connectivity index is 1.44. The van der Waals surface area contributed by atoms with Crippen molar-refractivity contribution >= 4 is 40.3 Å². The third kappa shape index (κ3) is 3.81. The van der Waals surface area contributed by atoms with E-state index >= 15 is 0 Å². The molecule has 0 unspecified atom stereocenters. The molecule has 1 aromatic heterocycles. The van der Waals surface area contributed by atoms with Crippen molar-refractivity contribution in [3.8, 4) is 0 Å². The van der Waals surface area contributed by atoms with Crippen molar-refractivity contribution in [1.82, 2.24) is 15.1 Å². The Hall–Kier alpha value is -0.360. The van der Waals surface area contributed by atoms with Crippen LogP contribution >= 0.6 is 35.2 Å². The minimum atomic E-state index is 0.652. The number of halogens is 1. The van der Waals surface area contributed by atoms with E-state index in [9.17, 15) is 0 Å². The van der Waals surface area contributed by atoms with Crippen LogP contribution in [0.25, 0.3) is 0 Å².